The van der Waals surface area contributed by atoms with Gasteiger partial charge in [-0.15, -0.1) is 0 Å². The fraction of sp³-hybridized carbons (Fsp3) is 0.333. The molecule has 0 aliphatic heterocycles. The SMILES string of the molecule is CCN(CC)C(=O)Cc1nc(-c2ccc(OC)nc2)c(-c2ccc(OCCNC(N)=O)cc2)o1. The van der Waals surface area contributed by atoms with Crippen LogP contribution >= 0.6 is 0 Å². The summed E-state index contributed by atoms with van der Waals surface area (Å²) in [6, 6.07) is 10.2. The number of carbonyl (C=O) groups is 2. The van der Waals surface area contributed by atoms with Gasteiger partial charge in [-0.25, -0.2) is 14.8 Å². The maximum atomic E-state index is 12.6. The molecule has 3 rings (SSSR count). The smallest absolute Gasteiger partial charge is 0.312 e. The van der Waals surface area contributed by atoms with Crippen LogP contribution in [0.3, 0.4) is 0 Å². The van der Waals surface area contributed by atoms with Crippen molar-refractivity contribution in [1.82, 2.24) is 20.2 Å². The highest BCUT2D eigenvalue weighted by atomic mass is 16.5. The van der Waals surface area contributed by atoms with E-state index >= 15 is 0 Å². The minimum absolute atomic E-state index is 0.0504. The number of amides is 3. The molecule has 3 amide bonds. The number of hydrogen-bond donors (Lipinski definition) is 2. The second-order valence-corrected chi connectivity index (χ2v) is 7.28. The van der Waals surface area contributed by atoms with Crippen molar-refractivity contribution < 1.29 is 23.5 Å². The zero-order chi connectivity index (χ0) is 24.5. The van der Waals surface area contributed by atoms with Gasteiger partial charge >= 0.3 is 6.03 Å². The van der Waals surface area contributed by atoms with Crippen LogP contribution < -0.4 is 20.5 Å². The Bertz CT molecular complexity index is 1090. The first-order valence-electron chi connectivity index (χ1n) is 11.0. The summed E-state index contributed by atoms with van der Waals surface area (Å²) in [6.45, 7) is 5.70. The van der Waals surface area contributed by atoms with Crippen molar-refractivity contribution in [2.75, 3.05) is 33.4 Å². The van der Waals surface area contributed by atoms with Crippen LogP contribution in [0.2, 0.25) is 0 Å². The van der Waals surface area contributed by atoms with E-state index in [1.807, 2.05) is 32.0 Å². The zero-order valence-corrected chi connectivity index (χ0v) is 19.5. The Kier molecular flexibility index (Phi) is 8.44. The highest BCUT2D eigenvalue weighted by molar-refractivity contribution is 5.80. The largest absolute Gasteiger partial charge is 0.492 e. The van der Waals surface area contributed by atoms with Crippen molar-refractivity contribution >= 4 is 11.9 Å². The lowest BCUT2D eigenvalue weighted by atomic mass is 10.1. The molecule has 0 spiro atoms. The van der Waals surface area contributed by atoms with Gasteiger partial charge in [-0.1, -0.05) is 0 Å². The molecule has 10 heteroatoms. The minimum atomic E-state index is -0.597. The van der Waals surface area contributed by atoms with E-state index in [4.69, 9.17) is 19.6 Å². The van der Waals surface area contributed by atoms with E-state index in [9.17, 15) is 9.59 Å². The number of ether oxygens (including phenoxy) is 2. The van der Waals surface area contributed by atoms with Crippen molar-refractivity contribution in [3.63, 3.8) is 0 Å². The Hall–Kier alpha value is -4.08. The van der Waals surface area contributed by atoms with Crippen LogP contribution in [0.25, 0.3) is 22.6 Å². The highest BCUT2D eigenvalue weighted by Crippen LogP contribution is 2.34. The summed E-state index contributed by atoms with van der Waals surface area (Å²) in [6.07, 6.45) is 1.71. The molecule has 34 heavy (non-hydrogen) atoms. The number of carbonyl (C=O) groups excluding carboxylic acids is 2. The van der Waals surface area contributed by atoms with Gasteiger partial charge in [0.05, 0.1) is 13.7 Å². The predicted molar refractivity (Wildman–Crippen MR) is 126 cm³/mol. The third-order valence-corrected chi connectivity index (χ3v) is 5.10. The molecule has 10 nitrogen and oxygen atoms in total. The maximum Gasteiger partial charge on any atom is 0.312 e. The fourth-order valence-electron chi connectivity index (χ4n) is 3.34. The lowest BCUT2D eigenvalue weighted by molar-refractivity contribution is -0.130. The molecule has 0 aliphatic rings. The number of nitrogens with two attached hydrogens (primary N) is 1. The number of rotatable bonds is 11. The zero-order valence-electron chi connectivity index (χ0n) is 19.5. The molecule has 0 unspecified atom stereocenters. The van der Waals surface area contributed by atoms with Crippen LogP contribution in [-0.2, 0) is 11.2 Å². The summed E-state index contributed by atoms with van der Waals surface area (Å²) in [5.74, 6) is 1.91. The van der Waals surface area contributed by atoms with Crippen LogP contribution in [0.5, 0.6) is 11.6 Å². The molecule has 2 heterocycles. The van der Waals surface area contributed by atoms with Gasteiger partial charge in [0, 0.05) is 36.5 Å². The summed E-state index contributed by atoms with van der Waals surface area (Å²) in [5.41, 5.74) is 7.12. The number of primary amides is 1. The van der Waals surface area contributed by atoms with Gasteiger partial charge < -0.3 is 29.8 Å². The first kappa shape index (κ1) is 24.6. The van der Waals surface area contributed by atoms with E-state index < -0.39 is 6.03 Å². The number of pyridine rings is 1. The predicted octanol–water partition coefficient (Wildman–Crippen LogP) is 2.87. The molecular weight excluding hydrogens is 438 g/mol. The number of likely N-dealkylation sites (N-methyl/N-ethyl adjacent to an activating group) is 1. The van der Waals surface area contributed by atoms with Crippen molar-refractivity contribution in [3.8, 4) is 34.2 Å². The minimum Gasteiger partial charge on any atom is -0.492 e. The summed E-state index contributed by atoms with van der Waals surface area (Å²) in [5, 5.41) is 2.47. The van der Waals surface area contributed by atoms with E-state index in [0.717, 1.165) is 11.1 Å². The number of methoxy groups -OCH3 is 1. The molecule has 3 aromatic rings. The molecule has 0 atom stereocenters. The van der Waals surface area contributed by atoms with Crippen LogP contribution in [0, 0.1) is 0 Å². The standard InChI is InChI=1S/C24H29N5O5/c1-4-29(5-2)21(30)14-20-28-22(17-8-11-19(32-3)27-15-17)23(34-20)16-6-9-18(10-7-16)33-13-12-26-24(25)31/h6-11,15H,4-5,12-14H2,1-3H3,(H3,25,26,31). The average Bonchev–Trinajstić information content (AvgIpc) is 3.26. The van der Waals surface area contributed by atoms with Crippen LogP contribution in [0.1, 0.15) is 19.7 Å². The first-order valence-corrected chi connectivity index (χ1v) is 11.0. The Morgan fingerprint density at radius 2 is 1.79 bits per heavy atom. The van der Waals surface area contributed by atoms with Crippen molar-refractivity contribution in [1.29, 1.82) is 0 Å². The molecule has 0 aliphatic carbocycles. The van der Waals surface area contributed by atoms with Gasteiger partial charge in [0.2, 0.25) is 17.7 Å². The average molecular weight is 468 g/mol. The summed E-state index contributed by atoms with van der Waals surface area (Å²) < 4.78 is 16.8. The second-order valence-electron chi connectivity index (χ2n) is 7.28. The molecule has 180 valence electrons. The quantitative estimate of drug-likeness (QED) is 0.414. The molecule has 3 N–H and O–H groups in total. The number of hydrogen-bond acceptors (Lipinski definition) is 7. The molecule has 2 aromatic heterocycles. The molecule has 1 aromatic carbocycles. The van der Waals surface area contributed by atoms with Gasteiger partial charge in [0.25, 0.3) is 0 Å². The normalized spacial score (nSPS) is 10.6. The molecule has 0 bridgehead atoms. The van der Waals surface area contributed by atoms with Crippen LogP contribution in [-0.4, -0.2) is 60.2 Å². The van der Waals surface area contributed by atoms with E-state index in [-0.39, 0.29) is 18.9 Å². The van der Waals surface area contributed by atoms with Gasteiger partial charge in [-0.3, -0.25) is 4.79 Å². The number of aromatic nitrogens is 2. The highest BCUT2D eigenvalue weighted by Gasteiger charge is 2.21. The van der Waals surface area contributed by atoms with Gasteiger partial charge in [-0.05, 0) is 44.2 Å². The Balaban J connectivity index is 1.87. The number of benzene rings is 1. The third kappa shape index (κ3) is 6.25. The molecular formula is C24H29N5O5. The van der Waals surface area contributed by atoms with E-state index in [0.29, 0.717) is 48.6 Å². The lowest BCUT2D eigenvalue weighted by Crippen LogP contribution is -2.32. The molecule has 0 fully saturated rings. The van der Waals surface area contributed by atoms with Crippen molar-refractivity contribution in [2.45, 2.75) is 20.3 Å². The van der Waals surface area contributed by atoms with E-state index in [1.165, 1.54) is 0 Å². The van der Waals surface area contributed by atoms with Gasteiger partial charge in [-0.2, -0.15) is 0 Å². The Morgan fingerprint density at radius 1 is 1.09 bits per heavy atom. The Morgan fingerprint density at radius 3 is 2.38 bits per heavy atom. The van der Waals surface area contributed by atoms with Gasteiger partial charge in [0.1, 0.15) is 24.5 Å². The lowest BCUT2D eigenvalue weighted by Gasteiger charge is -2.17. The van der Waals surface area contributed by atoms with Crippen LogP contribution in [0.4, 0.5) is 4.79 Å². The molecule has 0 saturated heterocycles. The summed E-state index contributed by atoms with van der Waals surface area (Å²) in [4.78, 5) is 34.0. The van der Waals surface area contributed by atoms with Crippen molar-refractivity contribution in [2.24, 2.45) is 5.73 Å². The first-order chi connectivity index (χ1) is 16.4. The topological polar surface area (TPSA) is 133 Å². The van der Waals surface area contributed by atoms with Gasteiger partial charge in [0.15, 0.2) is 5.76 Å². The number of nitrogens with one attached hydrogen (secondary N) is 1. The number of urea groups is 1. The second kappa shape index (κ2) is 11.7. The molecule has 0 radical (unpaired) electrons. The van der Waals surface area contributed by atoms with E-state index in [2.05, 4.69) is 15.3 Å². The number of nitrogens with zero attached hydrogens (tertiary/aromatic N) is 3. The summed E-state index contributed by atoms with van der Waals surface area (Å²) in [7, 11) is 1.55. The van der Waals surface area contributed by atoms with Crippen LogP contribution in [0.15, 0.2) is 47.0 Å². The van der Waals surface area contributed by atoms with E-state index in [1.54, 1.807) is 36.4 Å². The number of oxazole rings is 1. The third-order valence-electron chi connectivity index (χ3n) is 5.10. The fourth-order valence-corrected chi connectivity index (χ4v) is 3.34. The summed E-state index contributed by atoms with van der Waals surface area (Å²) >= 11 is 0. The Labute approximate surface area is 198 Å². The maximum absolute atomic E-state index is 12.6. The monoisotopic (exact) mass is 467 g/mol. The van der Waals surface area contributed by atoms with Crippen molar-refractivity contribution in [3.05, 3.63) is 48.5 Å². The molecule has 0 saturated carbocycles.